The Labute approximate surface area is 98.7 Å². The number of nitrogens with zero attached hydrogens (tertiary/aromatic N) is 1. The molecule has 0 bridgehead atoms. The van der Waals surface area contributed by atoms with E-state index in [0.29, 0.717) is 6.04 Å². The fraction of sp³-hybridized carbons (Fsp3) is 0.571. The van der Waals surface area contributed by atoms with Crippen molar-refractivity contribution in [1.29, 1.82) is 0 Å². The van der Waals surface area contributed by atoms with Gasteiger partial charge in [0, 0.05) is 25.7 Å². The Morgan fingerprint density at radius 2 is 2.06 bits per heavy atom. The highest BCUT2D eigenvalue weighted by Crippen LogP contribution is 2.26. The molecule has 0 spiro atoms. The predicted molar refractivity (Wildman–Crippen MR) is 68.2 cm³/mol. The van der Waals surface area contributed by atoms with Crippen LogP contribution >= 0.6 is 0 Å². The van der Waals surface area contributed by atoms with Crippen LogP contribution < -0.4 is 5.32 Å². The molecule has 1 unspecified atom stereocenters. The molecule has 0 fully saturated rings. The molecule has 16 heavy (non-hydrogen) atoms. The summed E-state index contributed by atoms with van der Waals surface area (Å²) in [6, 6.07) is 7.59. The third kappa shape index (κ3) is 2.28. The van der Waals surface area contributed by atoms with E-state index in [9.17, 15) is 0 Å². The standard InChI is InChI=1S/C14H22N2/c1-4-11(2)16-9-13-6-5-12(8-15-3)7-14(13)10-16/h5-7,11,15H,4,8-10H2,1-3H3. The van der Waals surface area contributed by atoms with Crippen LogP contribution in [0.25, 0.3) is 0 Å². The van der Waals surface area contributed by atoms with Gasteiger partial charge in [0.2, 0.25) is 0 Å². The largest absolute Gasteiger partial charge is 0.316 e. The molecule has 1 N–H and O–H groups in total. The Morgan fingerprint density at radius 1 is 1.31 bits per heavy atom. The van der Waals surface area contributed by atoms with Crippen molar-refractivity contribution in [3.8, 4) is 0 Å². The molecule has 0 radical (unpaired) electrons. The van der Waals surface area contributed by atoms with Gasteiger partial charge in [0.15, 0.2) is 0 Å². The van der Waals surface area contributed by atoms with E-state index in [1.165, 1.54) is 23.1 Å². The summed E-state index contributed by atoms with van der Waals surface area (Å²) in [4.78, 5) is 2.56. The van der Waals surface area contributed by atoms with E-state index < -0.39 is 0 Å². The first-order valence-electron chi connectivity index (χ1n) is 6.24. The molecule has 1 heterocycles. The van der Waals surface area contributed by atoms with E-state index >= 15 is 0 Å². The zero-order valence-corrected chi connectivity index (χ0v) is 10.6. The molecule has 0 aromatic heterocycles. The van der Waals surface area contributed by atoms with Gasteiger partial charge in [-0.2, -0.15) is 0 Å². The second-order valence-corrected chi connectivity index (χ2v) is 4.80. The quantitative estimate of drug-likeness (QED) is 0.835. The molecule has 2 heteroatoms. The molecule has 1 aliphatic rings. The fourth-order valence-electron chi connectivity index (χ4n) is 2.36. The third-order valence-electron chi connectivity index (χ3n) is 3.61. The van der Waals surface area contributed by atoms with Crippen LogP contribution in [0.15, 0.2) is 18.2 Å². The van der Waals surface area contributed by atoms with Gasteiger partial charge in [0.25, 0.3) is 0 Å². The number of fused-ring (bicyclic) bond motifs is 1. The van der Waals surface area contributed by atoms with Crippen molar-refractivity contribution >= 4 is 0 Å². The van der Waals surface area contributed by atoms with Crippen molar-refractivity contribution in [2.45, 2.75) is 45.9 Å². The van der Waals surface area contributed by atoms with Crippen molar-refractivity contribution in [2.24, 2.45) is 0 Å². The monoisotopic (exact) mass is 218 g/mol. The molecule has 0 amide bonds. The van der Waals surface area contributed by atoms with Crippen LogP contribution in [-0.2, 0) is 19.6 Å². The zero-order valence-electron chi connectivity index (χ0n) is 10.6. The molecule has 1 aliphatic heterocycles. The molecule has 0 saturated heterocycles. The summed E-state index contributed by atoms with van der Waals surface area (Å²) in [5, 5.41) is 3.21. The number of benzene rings is 1. The van der Waals surface area contributed by atoms with Crippen LogP contribution in [0.3, 0.4) is 0 Å². The van der Waals surface area contributed by atoms with Gasteiger partial charge < -0.3 is 5.32 Å². The summed E-state index contributed by atoms with van der Waals surface area (Å²) in [5.74, 6) is 0. The first-order valence-corrected chi connectivity index (χ1v) is 6.24. The molecule has 1 atom stereocenters. The summed E-state index contributed by atoms with van der Waals surface area (Å²) in [6.45, 7) is 7.81. The smallest absolute Gasteiger partial charge is 0.0243 e. The minimum Gasteiger partial charge on any atom is -0.316 e. The van der Waals surface area contributed by atoms with Crippen LogP contribution in [0, 0.1) is 0 Å². The van der Waals surface area contributed by atoms with Gasteiger partial charge in [0.1, 0.15) is 0 Å². The van der Waals surface area contributed by atoms with Crippen LogP contribution in [0.4, 0.5) is 0 Å². The maximum absolute atomic E-state index is 3.21. The van der Waals surface area contributed by atoms with E-state index in [2.05, 4.69) is 42.3 Å². The first-order chi connectivity index (χ1) is 7.74. The average Bonchev–Trinajstić information content (AvgIpc) is 2.71. The molecule has 1 aromatic rings. The highest BCUT2D eigenvalue weighted by atomic mass is 15.2. The van der Waals surface area contributed by atoms with Gasteiger partial charge in [-0.25, -0.2) is 0 Å². The number of hydrogen-bond donors (Lipinski definition) is 1. The second kappa shape index (κ2) is 4.98. The summed E-state index contributed by atoms with van der Waals surface area (Å²) in [5.41, 5.74) is 4.43. The van der Waals surface area contributed by atoms with Crippen LogP contribution in [-0.4, -0.2) is 18.0 Å². The lowest BCUT2D eigenvalue weighted by Gasteiger charge is -2.21. The highest BCUT2D eigenvalue weighted by Gasteiger charge is 2.22. The van der Waals surface area contributed by atoms with Gasteiger partial charge in [-0.15, -0.1) is 0 Å². The van der Waals surface area contributed by atoms with E-state index in [4.69, 9.17) is 0 Å². The number of hydrogen-bond acceptors (Lipinski definition) is 2. The Hall–Kier alpha value is -0.860. The number of nitrogens with one attached hydrogen (secondary N) is 1. The third-order valence-corrected chi connectivity index (χ3v) is 3.61. The van der Waals surface area contributed by atoms with Gasteiger partial charge in [0.05, 0.1) is 0 Å². The molecule has 2 nitrogen and oxygen atoms in total. The van der Waals surface area contributed by atoms with E-state index in [1.807, 2.05) is 7.05 Å². The molecule has 0 saturated carbocycles. The van der Waals surface area contributed by atoms with Crippen LogP contribution in [0.1, 0.15) is 37.0 Å². The molecular weight excluding hydrogens is 196 g/mol. The Bertz CT molecular complexity index is 360. The van der Waals surface area contributed by atoms with Crippen molar-refractivity contribution in [3.05, 3.63) is 34.9 Å². The molecule has 1 aromatic carbocycles. The lowest BCUT2D eigenvalue weighted by Crippen LogP contribution is -2.26. The summed E-state index contributed by atoms with van der Waals surface area (Å²) >= 11 is 0. The lowest BCUT2D eigenvalue weighted by molar-refractivity contribution is 0.208. The normalized spacial score (nSPS) is 17.4. The zero-order chi connectivity index (χ0) is 11.5. The van der Waals surface area contributed by atoms with Gasteiger partial charge in [-0.3, -0.25) is 4.90 Å². The SMILES string of the molecule is CCC(C)N1Cc2ccc(CNC)cc2C1. The van der Waals surface area contributed by atoms with Crippen LogP contribution in [0.2, 0.25) is 0 Å². The van der Waals surface area contributed by atoms with Gasteiger partial charge >= 0.3 is 0 Å². The minimum absolute atomic E-state index is 0.695. The lowest BCUT2D eigenvalue weighted by atomic mass is 10.1. The van der Waals surface area contributed by atoms with E-state index in [0.717, 1.165) is 19.6 Å². The van der Waals surface area contributed by atoms with Crippen molar-refractivity contribution < 1.29 is 0 Å². The summed E-state index contributed by atoms with van der Waals surface area (Å²) in [6.07, 6.45) is 1.23. The molecular formula is C14H22N2. The average molecular weight is 218 g/mol. The Balaban J connectivity index is 2.12. The van der Waals surface area contributed by atoms with E-state index in [1.54, 1.807) is 0 Å². The van der Waals surface area contributed by atoms with Gasteiger partial charge in [-0.1, -0.05) is 25.1 Å². The molecule has 0 aliphatic carbocycles. The molecule has 88 valence electrons. The number of rotatable bonds is 4. The second-order valence-electron chi connectivity index (χ2n) is 4.80. The van der Waals surface area contributed by atoms with Crippen molar-refractivity contribution in [3.63, 3.8) is 0 Å². The predicted octanol–water partition coefficient (Wildman–Crippen LogP) is 2.52. The summed E-state index contributed by atoms with van der Waals surface area (Å²) in [7, 11) is 2.00. The van der Waals surface area contributed by atoms with Crippen molar-refractivity contribution in [2.75, 3.05) is 7.05 Å². The van der Waals surface area contributed by atoms with Crippen molar-refractivity contribution in [1.82, 2.24) is 10.2 Å². The fourth-order valence-corrected chi connectivity index (χ4v) is 2.36. The highest BCUT2D eigenvalue weighted by molar-refractivity contribution is 5.34. The Morgan fingerprint density at radius 3 is 2.75 bits per heavy atom. The van der Waals surface area contributed by atoms with Gasteiger partial charge in [-0.05, 0) is 37.1 Å². The summed E-state index contributed by atoms with van der Waals surface area (Å²) < 4.78 is 0. The van der Waals surface area contributed by atoms with E-state index in [-0.39, 0.29) is 0 Å². The first kappa shape index (κ1) is 11.6. The van der Waals surface area contributed by atoms with Crippen LogP contribution in [0.5, 0.6) is 0 Å². The minimum atomic E-state index is 0.695. The topological polar surface area (TPSA) is 15.3 Å². The molecule has 2 rings (SSSR count). The Kier molecular flexibility index (Phi) is 3.62. The maximum atomic E-state index is 3.21. The maximum Gasteiger partial charge on any atom is 0.0243 e.